The number of nitrogens with two attached hydrogens (primary N) is 1. The Kier molecular flexibility index (Phi) is 5.25. The van der Waals surface area contributed by atoms with Gasteiger partial charge in [-0.1, -0.05) is 6.07 Å². The largest absolute Gasteiger partial charge is 0.496 e. The summed E-state index contributed by atoms with van der Waals surface area (Å²) in [5.74, 6) is 0.732. The molecule has 0 bridgehead atoms. The molecule has 0 saturated carbocycles. The number of rotatable bonds is 6. The minimum atomic E-state index is -0.393. The molecule has 0 heterocycles. The Morgan fingerprint density at radius 3 is 2.47 bits per heavy atom. The van der Waals surface area contributed by atoms with Crippen LogP contribution < -0.4 is 15.4 Å². The molecule has 1 rings (SSSR count). The van der Waals surface area contributed by atoms with E-state index in [1.807, 2.05) is 18.2 Å². The van der Waals surface area contributed by atoms with E-state index < -0.39 is 6.04 Å². The van der Waals surface area contributed by atoms with Crippen molar-refractivity contribution < 1.29 is 9.84 Å². The van der Waals surface area contributed by atoms with Crippen molar-refractivity contribution in [3.63, 3.8) is 0 Å². The van der Waals surface area contributed by atoms with Crippen LogP contribution in [0.5, 0.6) is 5.75 Å². The fourth-order valence-electron chi connectivity index (χ4n) is 1.89. The molecule has 0 radical (unpaired) electrons. The van der Waals surface area contributed by atoms with Gasteiger partial charge in [-0.3, -0.25) is 0 Å². The molecule has 4 nitrogen and oxygen atoms in total. The first-order valence-electron chi connectivity index (χ1n) is 5.97. The third-order valence-electron chi connectivity index (χ3n) is 2.94. The van der Waals surface area contributed by atoms with Crippen LogP contribution >= 0.6 is 0 Å². The molecule has 0 amide bonds. The van der Waals surface area contributed by atoms with Crippen LogP contribution in [0.3, 0.4) is 0 Å². The van der Waals surface area contributed by atoms with E-state index in [1.54, 1.807) is 7.11 Å². The molecule has 1 aromatic carbocycles. The summed E-state index contributed by atoms with van der Waals surface area (Å²) in [7, 11) is 1.62. The van der Waals surface area contributed by atoms with Gasteiger partial charge in [0.15, 0.2) is 0 Å². The number of hydrogen-bond acceptors (Lipinski definition) is 4. The zero-order valence-corrected chi connectivity index (χ0v) is 10.8. The van der Waals surface area contributed by atoms with Crippen LogP contribution in [0.4, 0.5) is 5.69 Å². The fourth-order valence-corrected chi connectivity index (χ4v) is 1.89. The standard InChI is InChI=1S/C13H22N2O2/c1-4-15(5-2)10-6-7-11(12(14)9-16)13(8-10)17-3/h6-8,12,16H,4-5,9,14H2,1-3H3. The van der Waals surface area contributed by atoms with Crippen LogP contribution in [0.2, 0.25) is 0 Å². The molecule has 0 saturated heterocycles. The molecule has 1 aromatic rings. The number of aliphatic hydroxyl groups excluding tert-OH is 1. The molecule has 1 atom stereocenters. The maximum Gasteiger partial charge on any atom is 0.125 e. The summed E-state index contributed by atoms with van der Waals surface area (Å²) in [5, 5.41) is 9.09. The van der Waals surface area contributed by atoms with Gasteiger partial charge in [-0.15, -0.1) is 0 Å². The number of nitrogens with zero attached hydrogens (tertiary/aromatic N) is 1. The van der Waals surface area contributed by atoms with Crippen LogP contribution in [-0.4, -0.2) is 31.9 Å². The lowest BCUT2D eigenvalue weighted by atomic mass is 10.1. The molecule has 0 aromatic heterocycles. The van der Waals surface area contributed by atoms with Crippen LogP contribution in [0.15, 0.2) is 18.2 Å². The van der Waals surface area contributed by atoms with Crippen molar-refractivity contribution in [1.82, 2.24) is 0 Å². The molecule has 0 aliphatic carbocycles. The van der Waals surface area contributed by atoms with Gasteiger partial charge < -0.3 is 20.5 Å². The predicted octanol–water partition coefficient (Wildman–Crippen LogP) is 1.53. The Morgan fingerprint density at radius 2 is 2.00 bits per heavy atom. The number of anilines is 1. The first-order chi connectivity index (χ1) is 8.17. The summed E-state index contributed by atoms with van der Waals surface area (Å²) in [6.07, 6.45) is 0. The van der Waals surface area contributed by atoms with E-state index in [0.29, 0.717) is 0 Å². The Balaban J connectivity index is 3.07. The van der Waals surface area contributed by atoms with Gasteiger partial charge in [0.05, 0.1) is 19.8 Å². The molecule has 3 N–H and O–H groups in total. The van der Waals surface area contributed by atoms with E-state index in [1.165, 1.54) is 0 Å². The maximum atomic E-state index is 9.09. The maximum absolute atomic E-state index is 9.09. The third-order valence-corrected chi connectivity index (χ3v) is 2.94. The Hall–Kier alpha value is -1.26. The second-order valence-corrected chi connectivity index (χ2v) is 3.89. The van der Waals surface area contributed by atoms with Gasteiger partial charge in [0.1, 0.15) is 5.75 Å². The van der Waals surface area contributed by atoms with Crippen LogP contribution in [-0.2, 0) is 0 Å². The first-order valence-corrected chi connectivity index (χ1v) is 5.97. The lowest BCUT2D eigenvalue weighted by molar-refractivity contribution is 0.264. The molecule has 17 heavy (non-hydrogen) atoms. The molecular formula is C13H22N2O2. The highest BCUT2D eigenvalue weighted by Gasteiger charge is 2.13. The SMILES string of the molecule is CCN(CC)c1ccc(C(N)CO)c(OC)c1. The number of benzene rings is 1. The molecule has 4 heteroatoms. The molecule has 0 aliphatic heterocycles. The average Bonchev–Trinajstić information content (AvgIpc) is 2.39. The number of methoxy groups -OCH3 is 1. The zero-order valence-electron chi connectivity index (χ0n) is 10.8. The number of ether oxygens (including phenoxy) is 1. The second-order valence-electron chi connectivity index (χ2n) is 3.89. The number of aliphatic hydroxyl groups is 1. The third kappa shape index (κ3) is 3.11. The second kappa shape index (κ2) is 6.47. The summed E-state index contributed by atoms with van der Waals surface area (Å²) in [5.41, 5.74) is 7.77. The van der Waals surface area contributed by atoms with Crippen molar-refractivity contribution in [1.29, 1.82) is 0 Å². The quantitative estimate of drug-likeness (QED) is 0.789. The molecule has 0 aliphatic rings. The monoisotopic (exact) mass is 238 g/mol. The molecular weight excluding hydrogens is 216 g/mol. The minimum absolute atomic E-state index is 0.0824. The summed E-state index contributed by atoms with van der Waals surface area (Å²) >= 11 is 0. The zero-order chi connectivity index (χ0) is 12.8. The van der Waals surface area contributed by atoms with E-state index in [-0.39, 0.29) is 6.61 Å². The minimum Gasteiger partial charge on any atom is -0.496 e. The van der Waals surface area contributed by atoms with Crippen LogP contribution in [0.1, 0.15) is 25.5 Å². The van der Waals surface area contributed by atoms with Crippen molar-refractivity contribution in [2.24, 2.45) is 5.73 Å². The first kappa shape index (κ1) is 13.8. The lowest BCUT2D eigenvalue weighted by Crippen LogP contribution is -2.22. The van der Waals surface area contributed by atoms with Gasteiger partial charge in [0.25, 0.3) is 0 Å². The average molecular weight is 238 g/mol. The predicted molar refractivity (Wildman–Crippen MR) is 70.6 cm³/mol. The highest BCUT2D eigenvalue weighted by molar-refractivity contribution is 5.54. The molecule has 96 valence electrons. The Labute approximate surface area is 103 Å². The van der Waals surface area contributed by atoms with Crippen molar-refractivity contribution in [3.05, 3.63) is 23.8 Å². The van der Waals surface area contributed by atoms with Crippen molar-refractivity contribution in [2.45, 2.75) is 19.9 Å². The van der Waals surface area contributed by atoms with E-state index in [9.17, 15) is 0 Å². The highest BCUT2D eigenvalue weighted by Crippen LogP contribution is 2.28. The van der Waals surface area contributed by atoms with Gasteiger partial charge in [-0.2, -0.15) is 0 Å². The molecule has 0 spiro atoms. The highest BCUT2D eigenvalue weighted by atomic mass is 16.5. The van der Waals surface area contributed by atoms with Crippen molar-refractivity contribution in [3.8, 4) is 5.75 Å². The van der Waals surface area contributed by atoms with Gasteiger partial charge >= 0.3 is 0 Å². The molecule has 1 unspecified atom stereocenters. The Morgan fingerprint density at radius 1 is 1.35 bits per heavy atom. The van der Waals surface area contributed by atoms with Crippen LogP contribution in [0, 0.1) is 0 Å². The van der Waals surface area contributed by atoms with Crippen molar-refractivity contribution >= 4 is 5.69 Å². The van der Waals surface area contributed by atoms with Crippen LogP contribution in [0.25, 0.3) is 0 Å². The van der Waals surface area contributed by atoms with Gasteiger partial charge in [0.2, 0.25) is 0 Å². The molecule has 0 fully saturated rings. The normalized spacial score (nSPS) is 12.3. The topological polar surface area (TPSA) is 58.7 Å². The number of hydrogen-bond donors (Lipinski definition) is 2. The fraction of sp³-hybridized carbons (Fsp3) is 0.538. The van der Waals surface area contributed by atoms with Gasteiger partial charge in [-0.25, -0.2) is 0 Å². The summed E-state index contributed by atoms with van der Waals surface area (Å²) < 4.78 is 5.33. The van der Waals surface area contributed by atoms with E-state index in [4.69, 9.17) is 15.6 Å². The summed E-state index contributed by atoms with van der Waals surface area (Å²) in [6, 6.07) is 5.52. The smallest absolute Gasteiger partial charge is 0.125 e. The van der Waals surface area contributed by atoms with Crippen molar-refractivity contribution in [2.75, 3.05) is 31.7 Å². The van der Waals surface area contributed by atoms with E-state index in [0.717, 1.165) is 30.1 Å². The van der Waals surface area contributed by atoms with Gasteiger partial charge in [0, 0.05) is 30.4 Å². The summed E-state index contributed by atoms with van der Waals surface area (Å²) in [4.78, 5) is 2.23. The summed E-state index contributed by atoms with van der Waals surface area (Å²) in [6.45, 7) is 6.05. The lowest BCUT2D eigenvalue weighted by Gasteiger charge is -2.23. The van der Waals surface area contributed by atoms with E-state index in [2.05, 4.69) is 18.7 Å². The Bertz CT molecular complexity index is 351. The van der Waals surface area contributed by atoms with E-state index >= 15 is 0 Å². The van der Waals surface area contributed by atoms with Gasteiger partial charge in [-0.05, 0) is 19.9 Å².